The average molecular weight is 256 g/mol. The van der Waals surface area contributed by atoms with Gasteiger partial charge in [-0.15, -0.1) is 0 Å². The molecule has 0 amide bonds. The van der Waals surface area contributed by atoms with Gasteiger partial charge >= 0.3 is 0 Å². The summed E-state index contributed by atoms with van der Waals surface area (Å²) in [5.41, 5.74) is 0. The van der Waals surface area contributed by atoms with Crippen LogP contribution in [0.2, 0.25) is 0 Å². The lowest BCUT2D eigenvalue weighted by Crippen LogP contribution is -2.45. The largest absolute Gasteiger partial charge is 0.373 e. The highest BCUT2D eigenvalue weighted by molar-refractivity contribution is 4.74. The van der Waals surface area contributed by atoms with Crippen LogP contribution in [0.15, 0.2) is 0 Å². The maximum absolute atomic E-state index is 5.76. The van der Waals surface area contributed by atoms with Gasteiger partial charge in [0.05, 0.1) is 12.2 Å². The fraction of sp³-hybridized carbons (Fsp3) is 1.00. The van der Waals surface area contributed by atoms with E-state index in [0.717, 1.165) is 19.6 Å². The van der Waals surface area contributed by atoms with Crippen LogP contribution >= 0.6 is 0 Å². The molecule has 3 heteroatoms. The fourth-order valence-electron chi connectivity index (χ4n) is 2.83. The van der Waals surface area contributed by atoms with E-state index in [1.807, 2.05) is 0 Å². The number of hydrogen-bond donors (Lipinski definition) is 1. The first-order valence-electron chi connectivity index (χ1n) is 7.76. The molecule has 0 saturated carbocycles. The molecule has 1 aliphatic rings. The highest BCUT2D eigenvalue weighted by Gasteiger charge is 2.21. The van der Waals surface area contributed by atoms with E-state index in [0.29, 0.717) is 18.2 Å². The van der Waals surface area contributed by atoms with Gasteiger partial charge in [-0.2, -0.15) is 0 Å². The van der Waals surface area contributed by atoms with Crippen molar-refractivity contribution in [2.45, 2.75) is 71.6 Å². The van der Waals surface area contributed by atoms with Crippen molar-refractivity contribution in [3.05, 3.63) is 0 Å². The molecule has 1 heterocycles. The van der Waals surface area contributed by atoms with Gasteiger partial charge in [0, 0.05) is 19.1 Å². The van der Waals surface area contributed by atoms with E-state index in [9.17, 15) is 0 Å². The van der Waals surface area contributed by atoms with Crippen molar-refractivity contribution in [2.24, 2.45) is 0 Å². The van der Waals surface area contributed by atoms with Gasteiger partial charge in [0.1, 0.15) is 0 Å². The van der Waals surface area contributed by atoms with E-state index in [4.69, 9.17) is 4.74 Å². The molecule has 0 bridgehead atoms. The number of nitrogens with zero attached hydrogens (tertiary/aromatic N) is 1. The molecule has 1 N–H and O–H groups in total. The molecule has 0 radical (unpaired) electrons. The van der Waals surface area contributed by atoms with Crippen molar-refractivity contribution in [2.75, 3.05) is 26.2 Å². The number of ether oxygens (including phenoxy) is 1. The standard InChI is InChI=1S/C15H32N2O/c1-5-9-16-15(6-2)8-7-10-17-11-13(3)18-14(4)12-17/h13-16H,5-12H2,1-4H3/t13-,14+,15?. The van der Waals surface area contributed by atoms with Gasteiger partial charge < -0.3 is 10.1 Å². The molecular weight excluding hydrogens is 224 g/mol. The van der Waals surface area contributed by atoms with E-state index in [-0.39, 0.29) is 0 Å². The molecule has 0 spiro atoms. The average Bonchev–Trinajstić information content (AvgIpc) is 2.32. The van der Waals surface area contributed by atoms with E-state index in [2.05, 4.69) is 37.9 Å². The third-order valence-electron chi connectivity index (χ3n) is 3.70. The van der Waals surface area contributed by atoms with E-state index in [1.165, 1.54) is 32.2 Å². The number of rotatable bonds is 8. The monoisotopic (exact) mass is 256 g/mol. The lowest BCUT2D eigenvalue weighted by atomic mass is 10.1. The summed E-state index contributed by atoms with van der Waals surface area (Å²) >= 11 is 0. The van der Waals surface area contributed by atoms with Crippen molar-refractivity contribution < 1.29 is 4.74 Å². The van der Waals surface area contributed by atoms with Gasteiger partial charge in [-0.1, -0.05) is 13.8 Å². The van der Waals surface area contributed by atoms with Crippen molar-refractivity contribution in [1.82, 2.24) is 10.2 Å². The molecule has 0 aromatic carbocycles. The number of hydrogen-bond acceptors (Lipinski definition) is 3. The molecular formula is C15H32N2O. The molecule has 108 valence electrons. The third-order valence-corrected chi connectivity index (χ3v) is 3.70. The zero-order chi connectivity index (χ0) is 13.4. The summed E-state index contributed by atoms with van der Waals surface area (Å²) in [6, 6.07) is 0.709. The van der Waals surface area contributed by atoms with Gasteiger partial charge in [-0.3, -0.25) is 4.90 Å². The normalized spacial score (nSPS) is 27.3. The Morgan fingerprint density at radius 3 is 2.44 bits per heavy atom. The zero-order valence-corrected chi connectivity index (χ0v) is 12.7. The second kappa shape index (κ2) is 8.89. The fourth-order valence-corrected chi connectivity index (χ4v) is 2.83. The van der Waals surface area contributed by atoms with Crippen LogP contribution in [0.25, 0.3) is 0 Å². The predicted octanol–water partition coefficient (Wildman–Crippen LogP) is 2.65. The Morgan fingerprint density at radius 1 is 1.22 bits per heavy atom. The summed E-state index contributed by atoms with van der Waals surface area (Å²) in [6.45, 7) is 13.5. The quantitative estimate of drug-likeness (QED) is 0.722. The van der Waals surface area contributed by atoms with Crippen LogP contribution in [0, 0.1) is 0 Å². The van der Waals surface area contributed by atoms with Crippen molar-refractivity contribution in [1.29, 1.82) is 0 Å². The molecule has 1 rings (SSSR count). The first kappa shape index (κ1) is 15.9. The second-order valence-corrected chi connectivity index (χ2v) is 5.72. The smallest absolute Gasteiger partial charge is 0.0678 e. The lowest BCUT2D eigenvalue weighted by molar-refractivity contribution is -0.0682. The Balaban J connectivity index is 2.15. The van der Waals surface area contributed by atoms with Crippen LogP contribution in [0.1, 0.15) is 53.4 Å². The summed E-state index contributed by atoms with van der Waals surface area (Å²) in [6.07, 6.45) is 5.87. The van der Waals surface area contributed by atoms with Gasteiger partial charge in [-0.25, -0.2) is 0 Å². The minimum absolute atomic E-state index is 0.397. The SMILES string of the molecule is CCCNC(CC)CCCN1C[C@@H](C)O[C@@H](C)C1. The molecule has 1 saturated heterocycles. The minimum Gasteiger partial charge on any atom is -0.373 e. The Hall–Kier alpha value is -0.120. The Morgan fingerprint density at radius 2 is 1.89 bits per heavy atom. The summed E-state index contributed by atoms with van der Waals surface area (Å²) in [5, 5.41) is 3.63. The molecule has 3 nitrogen and oxygen atoms in total. The van der Waals surface area contributed by atoms with Gasteiger partial charge in [0.25, 0.3) is 0 Å². The van der Waals surface area contributed by atoms with Gasteiger partial charge in [0.2, 0.25) is 0 Å². The highest BCUT2D eigenvalue weighted by Crippen LogP contribution is 2.12. The molecule has 1 aliphatic heterocycles. The first-order chi connectivity index (χ1) is 8.65. The molecule has 18 heavy (non-hydrogen) atoms. The molecule has 1 unspecified atom stereocenters. The van der Waals surface area contributed by atoms with E-state index in [1.54, 1.807) is 0 Å². The Kier molecular flexibility index (Phi) is 7.87. The van der Waals surface area contributed by atoms with E-state index < -0.39 is 0 Å². The van der Waals surface area contributed by atoms with Crippen LogP contribution in [0.5, 0.6) is 0 Å². The number of morpholine rings is 1. The van der Waals surface area contributed by atoms with Gasteiger partial charge in [0.15, 0.2) is 0 Å². The van der Waals surface area contributed by atoms with Crippen LogP contribution in [-0.4, -0.2) is 49.3 Å². The van der Waals surface area contributed by atoms with Crippen LogP contribution in [0.4, 0.5) is 0 Å². The highest BCUT2D eigenvalue weighted by atomic mass is 16.5. The summed E-state index contributed by atoms with van der Waals surface area (Å²) in [5.74, 6) is 0. The topological polar surface area (TPSA) is 24.5 Å². The van der Waals surface area contributed by atoms with Crippen molar-refractivity contribution >= 4 is 0 Å². The zero-order valence-electron chi connectivity index (χ0n) is 12.7. The molecule has 0 aliphatic carbocycles. The van der Waals surface area contributed by atoms with Crippen molar-refractivity contribution in [3.8, 4) is 0 Å². The maximum atomic E-state index is 5.76. The molecule has 0 aromatic heterocycles. The maximum Gasteiger partial charge on any atom is 0.0678 e. The van der Waals surface area contributed by atoms with Gasteiger partial charge in [-0.05, 0) is 52.6 Å². The summed E-state index contributed by atoms with van der Waals surface area (Å²) in [7, 11) is 0. The summed E-state index contributed by atoms with van der Waals surface area (Å²) < 4.78 is 5.76. The Bertz CT molecular complexity index is 201. The second-order valence-electron chi connectivity index (χ2n) is 5.72. The molecule has 3 atom stereocenters. The predicted molar refractivity (Wildman–Crippen MR) is 78.1 cm³/mol. The van der Waals surface area contributed by atoms with Crippen LogP contribution in [-0.2, 0) is 4.74 Å². The van der Waals surface area contributed by atoms with Crippen LogP contribution in [0.3, 0.4) is 0 Å². The molecule has 0 aromatic rings. The first-order valence-corrected chi connectivity index (χ1v) is 7.76. The van der Waals surface area contributed by atoms with E-state index >= 15 is 0 Å². The van der Waals surface area contributed by atoms with Crippen LogP contribution < -0.4 is 5.32 Å². The third kappa shape index (κ3) is 6.17. The number of nitrogens with one attached hydrogen (secondary N) is 1. The minimum atomic E-state index is 0.397. The van der Waals surface area contributed by atoms with Crippen molar-refractivity contribution in [3.63, 3.8) is 0 Å². The summed E-state index contributed by atoms with van der Waals surface area (Å²) in [4.78, 5) is 2.56. The molecule has 1 fully saturated rings. The lowest BCUT2D eigenvalue weighted by Gasteiger charge is -2.35. The Labute approximate surface area is 113 Å².